The number of aromatic nitrogens is 5. The molecule has 0 saturated heterocycles. The number of nitrogens with zero attached hydrogens (tertiary/aromatic N) is 6. The van der Waals surface area contributed by atoms with Crippen LogP contribution in [0.5, 0.6) is 0 Å². The molecule has 0 spiro atoms. The summed E-state index contributed by atoms with van der Waals surface area (Å²) < 4.78 is 4.11. The Morgan fingerprint density at radius 2 is 2.00 bits per heavy atom. The normalized spacial score (nSPS) is 11.1. The van der Waals surface area contributed by atoms with Crippen LogP contribution in [-0.4, -0.2) is 24.3 Å². The van der Waals surface area contributed by atoms with E-state index in [9.17, 15) is 0 Å². The van der Waals surface area contributed by atoms with E-state index in [1.165, 1.54) is 0 Å². The summed E-state index contributed by atoms with van der Waals surface area (Å²) in [6.45, 7) is 1.36. The van der Waals surface area contributed by atoms with Crippen molar-refractivity contribution in [2.75, 3.05) is 0 Å². The van der Waals surface area contributed by atoms with Crippen molar-refractivity contribution in [2.45, 2.75) is 25.9 Å². The van der Waals surface area contributed by atoms with E-state index in [4.69, 9.17) is 10.2 Å². The number of fused-ring (bicyclic) bond motifs is 2. The lowest BCUT2D eigenvalue weighted by atomic mass is 10.3. The summed E-state index contributed by atoms with van der Waals surface area (Å²) in [4.78, 5) is 8.96. The molecular formula is C18H16N6. The predicted octanol–water partition coefficient (Wildman–Crippen LogP) is 3.13. The molecule has 0 N–H and O–H groups in total. The smallest absolute Gasteiger partial charge is 0.131 e. The number of imidazole rings is 1. The number of nitriles is 1. The van der Waals surface area contributed by atoms with E-state index in [0.717, 1.165) is 40.7 Å². The van der Waals surface area contributed by atoms with Gasteiger partial charge in [-0.3, -0.25) is 9.67 Å². The summed E-state index contributed by atoms with van der Waals surface area (Å²) in [6.07, 6.45) is 6.79. The molecule has 0 aliphatic rings. The summed E-state index contributed by atoms with van der Waals surface area (Å²) in [5.74, 6) is 0.947. The number of para-hydroxylation sites is 2. The van der Waals surface area contributed by atoms with Crippen molar-refractivity contribution in [1.29, 1.82) is 5.26 Å². The number of pyridine rings is 1. The topological polar surface area (TPSA) is 72.3 Å². The van der Waals surface area contributed by atoms with Crippen molar-refractivity contribution in [3.8, 4) is 6.07 Å². The van der Waals surface area contributed by atoms with Crippen molar-refractivity contribution in [2.24, 2.45) is 0 Å². The number of rotatable bonds is 5. The number of unbranched alkanes of at least 4 members (excludes halogenated alkanes) is 1. The molecule has 3 aromatic heterocycles. The maximum atomic E-state index is 8.81. The predicted molar refractivity (Wildman–Crippen MR) is 91.2 cm³/mol. The van der Waals surface area contributed by atoms with Crippen LogP contribution in [0.1, 0.15) is 18.7 Å². The molecule has 4 aromatic rings. The second-order valence-corrected chi connectivity index (χ2v) is 5.67. The molecule has 6 heteroatoms. The van der Waals surface area contributed by atoms with E-state index >= 15 is 0 Å². The Balaban J connectivity index is 1.75. The van der Waals surface area contributed by atoms with Crippen LogP contribution in [0.4, 0.5) is 0 Å². The first-order valence-corrected chi connectivity index (χ1v) is 7.93. The lowest BCUT2D eigenvalue weighted by Crippen LogP contribution is -2.10. The van der Waals surface area contributed by atoms with Gasteiger partial charge in [-0.25, -0.2) is 4.98 Å². The quantitative estimate of drug-likeness (QED) is 0.530. The molecule has 0 atom stereocenters. The van der Waals surface area contributed by atoms with E-state index in [2.05, 4.69) is 26.8 Å². The van der Waals surface area contributed by atoms with Crippen molar-refractivity contribution >= 4 is 21.9 Å². The van der Waals surface area contributed by atoms with Gasteiger partial charge in [-0.05, 0) is 24.6 Å². The monoisotopic (exact) mass is 316 g/mol. The molecule has 0 fully saturated rings. The number of hydrogen-bond acceptors (Lipinski definition) is 4. The van der Waals surface area contributed by atoms with Crippen LogP contribution in [0.3, 0.4) is 0 Å². The third kappa shape index (κ3) is 2.50. The number of benzene rings is 1. The first-order chi connectivity index (χ1) is 11.9. The van der Waals surface area contributed by atoms with Crippen LogP contribution in [0.15, 0.2) is 48.9 Å². The maximum absolute atomic E-state index is 8.81. The molecule has 1 aromatic carbocycles. The molecule has 3 heterocycles. The van der Waals surface area contributed by atoms with E-state index in [0.29, 0.717) is 13.0 Å². The van der Waals surface area contributed by atoms with Crippen molar-refractivity contribution in [3.63, 3.8) is 0 Å². The minimum atomic E-state index is 0.542. The third-order valence-electron chi connectivity index (χ3n) is 4.14. The van der Waals surface area contributed by atoms with Gasteiger partial charge >= 0.3 is 0 Å². The summed E-state index contributed by atoms with van der Waals surface area (Å²) in [7, 11) is 0. The van der Waals surface area contributed by atoms with Crippen LogP contribution in [0, 0.1) is 11.3 Å². The molecule has 0 amide bonds. The third-order valence-corrected chi connectivity index (χ3v) is 4.14. The fourth-order valence-electron chi connectivity index (χ4n) is 2.99. The standard InChI is InChI=1S/C18H16N6/c19-8-3-4-10-23-16-6-2-1-5-15(16)22-18(23)13-24-17-12-20-9-7-14(17)11-21-24/h1-2,5-7,9,11-12H,3-4,10,13H2. The molecule has 6 nitrogen and oxygen atoms in total. The average Bonchev–Trinajstić information content (AvgIpc) is 3.18. The summed E-state index contributed by atoms with van der Waals surface area (Å²) in [5.41, 5.74) is 3.06. The van der Waals surface area contributed by atoms with E-state index in [1.807, 2.05) is 41.3 Å². The highest BCUT2D eigenvalue weighted by Crippen LogP contribution is 2.19. The molecule has 0 unspecified atom stereocenters. The van der Waals surface area contributed by atoms with E-state index in [-0.39, 0.29) is 0 Å². The Labute approximate surface area is 139 Å². The first kappa shape index (κ1) is 14.4. The van der Waals surface area contributed by atoms with Gasteiger partial charge in [0.2, 0.25) is 0 Å². The van der Waals surface area contributed by atoms with Crippen molar-refractivity contribution in [3.05, 3.63) is 54.7 Å². The highest BCUT2D eigenvalue weighted by Gasteiger charge is 2.12. The Hall–Kier alpha value is -3.20. The van der Waals surface area contributed by atoms with Gasteiger partial charge in [0.15, 0.2) is 0 Å². The van der Waals surface area contributed by atoms with E-state index in [1.54, 1.807) is 6.20 Å². The Morgan fingerprint density at radius 1 is 1.08 bits per heavy atom. The van der Waals surface area contributed by atoms with Crippen molar-refractivity contribution < 1.29 is 0 Å². The SMILES string of the molecule is N#CCCCn1c(Cn2ncc3ccncc32)nc2ccccc21. The summed E-state index contributed by atoms with van der Waals surface area (Å²) in [6, 6.07) is 12.3. The molecular weight excluding hydrogens is 300 g/mol. The summed E-state index contributed by atoms with van der Waals surface area (Å²) >= 11 is 0. The van der Waals surface area contributed by atoms with Crippen molar-refractivity contribution in [1.82, 2.24) is 24.3 Å². The second kappa shape index (κ2) is 6.13. The van der Waals surface area contributed by atoms with Crippen LogP contribution in [-0.2, 0) is 13.1 Å². The minimum absolute atomic E-state index is 0.542. The molecule has 0 aliphatic carbocycles. The highest BCUT2D eigenvalue weighted by molar-refractivity contribution is 5.78. The minimum Gasteiger partial charge on any atom is -0.326 e. The van der Waals surface area contributed by atoms with E-state index < -0.39 is 0 Å². The highest BCUT2D eigenvalue weighted by atomic mass is 15.3. The second-order valence-electron chi connectivity index (χ2n) is 5.67. The maximum Gasteiger partial charge on any atom is 0.131 e. The molecule has 118 valence electrons. The van der Waals surface area contributed by atoms with Gasteiger partial charge in [0.1, 0.15) is 5.82 Å². The van der Waals surface area contributed by atoms with Gasteiger partial charge in [-0.2, -0.15) is 10.4 Å². The molecule has 24 heavy (non-hydrogen) atoms. The van der Waals surface area contributed by atoms with Gasteiger partial charge in [0, 0.05) is 24.5 Å². The van der Waals surface area contributed by atoms with Crippen LogP contribution in [0.2, 0.25) is 0 Å². The first-order valence-electron chi connectivity index (χ1n) is 7.93. The Kier molecular flexibility index (Phi) is 3.67. The molecule has 0 bridgehead atoms. The fourth-order valence-corrected chi connectivity index (χ4v) is 2.99. The molecule has 0 radical (unpaired) electrons. The van der Waals surface area contributed by atoms with Crippen LogP contribution < -0.4 is 0 Å². The zero-order valence-corrected chi connectivity index (χ0v) is 13.1. The largest absolute Gasteiger partial charge is 0.326 e. The lowest BCUT2D eigenvalue weighted by molar-refractivity contribution is 0.593. The van der Waals surface area contributed by atoms with Gasteiger partial charge in [0.05, 0.1) is 41.6 Å². The van der Waals surface area contributed by atoms with Gasteiger partial charge in [0.25, 0.3) is 0 Å². The van der Waals surface area contributed by atoms with Gasteiger partial charge < -0.3 is 4.57 Å². The summed E-state index contributed by atoms with van der Waals surface area (Å²) in [5, 5.41) is 14.3. The van der Waals surface area contributed by atoms with Crippen LogP contribution in [0.25, 0.3) is 21.9 Å². The average molecular weight is 316 g/mol. The van der Waals surface area contributed by atoms with Gasteiger partial charge in [-0.15, -0.1) is 0 Å². The Bertz CT molecular complexity index is 1040. The zero-order chi connectivity index (χ0) is 16.4. The number of aryl methyl sites for hydroxylation is 1. The number of hydrogen-bond donors (Lipinski definition) is 0. The molecule has 0 saturated carbocycles. The molecule has 0 aliphatic heterocycles. The lowest BCUT2D eigenvalue weighted by Gasteiger charge is -2.09. The zero-order valence-electron chi connectivity index (χ0n) is 13.1. The fraction of sp³-hybridized carbons (Fsp3) is 0.222. The van der Waals surface area contributed by atoms with Gasteiger partial charge in [-0.1, -0.05) is 12.1 Å². The van der Waals surface area contributed by atoms with Crippen LogP contribution >= 0.6 is 0 Å². The Morgan fingerprint density at radius 3 is 2.92 bits per heavy atom. The molecule has 4 rings (SSSR count).